The number of benzene rings is 1. The maximum absolute atomic E-state index is 13.3. The fourth-order valence-electron chi connectivity index (χ4n) is 5.52. The summed E-state index contributed by atoms with van der Waals surface area (Å²) in [6.07, 6.45) is 1.68. The van der Waals surface area contributed by atoms with Crippen molar-refractivity contribution in [3.63, 3.8) is 0 Å². The maximum atomic E-state index is 13.3. The van der Waals surface area contributed by atoms with Gasteiger partial charge in [-0.05, 0) is 50.7 Å². The molecule has 11 heteroatoms. The van der Waals surface area contributed by atoms with E-state index in [1.807, 2.05) is 12.1 Å². The number of nitrogens with zero attached hydrogens (tertiary/aromatic N) is 4. The maximum Gasteiger partial charge on any atom is 0.322 e. The Hall–Kier alpha value is -3.93. The third kappa shape index (κ3) is 5.03. The van der Waals surface area contributed by atoms with Gasteiger partial charge in [-0.2, -0.15) is 0 Å². The number of hydrogen-bond donors (Lipinski definition) is 3. The van der Waals surface area contributed by atoms with E-state index in [0.29, 0.717) is 35.0 Å². The molecular formula is C29H36N6O5. The molecule has 0 spiro atoms. The normalized spacial score (nSPS) is 23.9. The molecule has 212 valence electrons. The lowest BCUT2D eigenvalue weighted by Crippen LogP contribution is -2.52. The van der Waals surface area contributed by atoms with E-state index in [4.69, 9.17) is 14.1 Å². The second-order valence-corrected chi connectivity index (χ2v) is 10.5. The summed E-state index contributed by atoms with van der Waals surface area (Å²) in [6.45, 7) is 14.0. The molecule has 0 bridgehead atoms. The molecule has 40 heavy (non-hydrogen) atoms. The minimum absolute atomic E-state index is 0.0266. The molecule has 0 radical (unpaired) electrons. The van der Waals surface area contributed by atoms with Gasteiger partial charge >= 0.3 is 6.03 Å². The van der Waals surface area contributed by atoms with Gasteiger partial charge < -0.3 is 29.4 Å². The number of aliphatic hydroxyl groups excluding tert-OH is 1. The standard InChI is InChI=1S/C29H36N6O5/c1-6-23(18(2)34-11-7-10-33(4)12-13-34)30-24-15-25(40-19(24)3)29(27(37)31-28(38)32-29)17-35-16-20-8-9-21(39-5)14-22(20)26(35)36/h6,8-9,14-15,26,36H,1-2,7,10-13,16-17H2,3-5H3,(H2,31,32,37,38). The number of methoxy groups -OCH3 is 1. The van der Waals surface area contributed by atoms with Crippen LogP contribution >= 0.6 is 0 Å². The molecule has 1 aromatic carbocycles. The van der Waals surface area contributed by atoms with Crippen LogP contribution in [-0.2, 0) is 16.9 Å². The molecule has 3 aliphatic rings. The van der Waals surface area contributed by atoms with Gasteiger partial charge in [0.15, 0.2) is 5.54 Å². The van der Waals surface area contributed by atoms with Crippen molar-refractivity contribution >= 4 is 23.3 Å². The van der Waals surface area contributed by atoms with Crippen LogP contribution < -0.4 is 15.4 Å². The molecule has 4 heterocycles. The number of carbonyl (C=O) groups is 2. The summed E-state index contributed by atoms with van der Waals surface area (Å²) < 4.78 is 11.4. The molecule has 3 amide bonds. The number of fused-ring (bicyclic) bond motifs is 1. The zero-order valence-electron chi connectivity index (χ0n) is 23.2. The van der Waals surface area contributed by atoms with Crippen LogP contribution in [0.1, 0.15) is 35.3 Å². The average molecular weight is 549 g/mol. The summed E-state index contributed by atoms with van der Waals surface area (Å²) in [6, 6.07) is 6.50. The zero-order chi connectivity index (χ0) is 28.6. The van der Waals surface area contributed by atoms with E-state index in [1.165, 1.54) is 0 Å². The van der Waals surface area contributed by atoms with Gasteiger partial charge in [-0.15, -0.1) is 0 Å². The van der Waals surface area contributed by atoms with Gasteiger partial charge in [0.25, 0.3) is 5.91 Å². The van der Waals surface area contributed by atoms with Crippen molar-refractivity contribution in [2.75, 3.05) is 46.9 Å². The summed E-state index contributed by atoms with van der Waals surface area (Å²) >= 11 is 0. The predicted octanol–water partition coefficient (Wildman–Crippen LogP) is 2.55. The van der Waals surface area contributed by atoms with E-state index in [2.05, 4.69) is 40.6 Å². The Morgan fingerprint density at radius 1 is 1.27 bits per heavy atom. The first-order valence-corrected chi connectivity index (χ1v) is 13.3. The lowest BCUT2D eigenvalue weighted by atomic mass is 9.95. The second kappa shape index (κ2) is 10.9. The minimum Gasteiger partial charge on any atom is -0.497 e. The predicted molar refractivity (Wildman–Crippen MR) is 150 cm³/mol. The Bertz CT molecular complexity index is 1380. The van der Waals surface area contributed by atoms with Crippen LogP contribution in [0.15, 0.2) is 58.6 Å². The van der Waals surface area contributed by atoms with Crippen LogP contribution in [0.3, 0.4) is 0 Å². The quantitative estimate of drug-likeness (QED) is 0.340. The molecule has 1 aromatic heterocycles. The topological polar surface area (TPSA) is 123 Å². The fourth-order valence-corrected chi connectivity index (χ4v) is 5.52. The van der Waals surface area contributed by atoms with Gasteiger partial charge in [-0.1, -0.05) is 19.2 Å². The van der Waals surface area contributed by atoms with Crippen molar-refractivity contribution in [3.05, 3.63) is 71.8 Å². The monoisotopic (exact) mass is 548 g/mol. The van der Waals surface area contributed by atoms with Crippen molar-refractivity contribution in [2.24, 2.45) is 4.99 Å². The van der Waals surface area contributed by atoms with Crippen molar-refractivity contribution in [3.8, 4) is 5.75 Å². The number of urea groups is 1. The number of ether oxygens (including phenoxy) is 1. The Morgan fingerprint density at radius 2 is 2.08 bits per heavy atom. The Kier molecular flexibility index (Phi) is 7.54. The molecule has 2 atom stereocenters. The minimum atomic E-state index is -1.57. The van der Waals surface area contributed by atoms with E-state index < -0.39 is 23.7 Å². The smallest absolute Gasteiger partial charge is 0.322 e. The van der Waals surface area contributed by atoms with E-state index in [-0.39, 0.29) is 12.3 Å². The molecule has 3 N–H and O–H groups in total. The molecule has 0 saturated carbocycles. The first-order chi connectivity index (χ1) is 19.1. The van der Waals surface area contributed by atoms with Gasteiger partial charge in [0.1, 0.15) is 29.2 Å². The highest BCUT2D eigenvalue weighted by Gasteiger charge is 2.53. The van der Waals surface area contributed by atoms with E-state index >= 15 is 0 Å². The van der Waals surface area contributed by atoms with Gasteiger partial charge in [-0.3, -0.25) is 15.0 Å². The molecule has 3 aliphatic heterocycles. The molecule has 0 aliphatic carbocycles. The number of rotatable bonds is 8. The number of aliphatic imine (C=N–C) groups is 1. The van der Waals surface area contributed by atoms with Crippen LogP contribution in [0.5, 0.6) is 5.75 Å². The third-order valence-electron chi connectivity index (χ3n) is 7.88. The van der Waals surface area contributed by atoms with Crippen molar-refractivity contribution in [1.29, 1.82) is 0 Å². The molecule has 2 aromatic rings. The van der Waals surface area contributed by atoms with E-state index in [9.17, 15) is 14.7 Å². The van der Waals surface area contributed by atoms with Gasteiger partial charge in [0.2, 0.25) is 0 Å². The van der Waals surface area contributed by atoms with Crippen molar-refractivity contribution < 1.29 is 23.8 Å². The number of furan rings is 1. The van der Waals surface area contributed by atoms with Crippen LogP contribution in [0.4, 0.5) is 10.5 Å². The van der Waals surface area contributed by atoms with Crippen LogP contribution in [0.25, 0.3) is 0 Å². The van der Waals surface area contributed by atoms with Gasteiger partial charge in [0, 0.05) is 44.4 Å². The molecule has 11 nitrogen and oxygen atoms in total. The van der Waals surface area contributed by atoms with Crippen molar-refractivity contribution in [2.45, 2.75) is 31.7 Å². The number of aliphatic hydroxyl groups is 1. The summed E-state index contributed by atoms with van der Waals surface area (Å²) in [5.41, 5.74) is 1.90. The molecule has 2 saturated heterocycles. The van der Waals surface area contributed by atoms with Gasteiger partial charge in [0.05, 0.1) is 18.5 Å². The lowest BCUT2D eigenvalue weighted by molar-refractivity contribution is -0.127. The summed E-state index contributed by atoms with van der Waals surface area (Å²) in [5, 5.41) is 16.2. The number of hydrogen-bond acceptors (Lipinski definition) is 9. The SMILES string of the molecule is C=CC(=Nc1cc(C2(CN3Cc4ccc(OC)cc4C3O)NC(=O)NC2=O)oc1C)C(=C)N1CCCN(C)CC1. The zero-order valence-corrected chi connectivity index (χ0v) is 23.2. The number of amides is 3. The molecule has 5 rings (SSSR count). The fraction of sp³-hybridized carbons (Fsp3) is 0.414. The average Bonchev–Trinajstić information content (AvgIpc) is 3.48. The first kappa shape index (κ1) is 27.6. The van der Waals surface area contributed by atoms with E-state index in [1.54, 1.807) is 37.1 Å². The number of nitrogens with one attached hydrogen (secondary N) is 2. The number of carbonyl (C=O) groups excluding carboxylic acids is 2. The number of allylic oxidation sites excluding steroid dienone is 1. The van der Waals surface area contributed by atoms with Gasteiger partial charge in [-0.25, -0.2) is 9.79 Å². The third-order valence-corrected chi connectivity index (χ3v) is 7.88. The number of aryl methyl sites for hydroxylation is 1. The molecular weight excluding hydrogens is 512 g/mol. The highest BCUT2D eigenvalue weighted by atomic mass is 16.5. The molecule has 2 fully saturated rings. The highest BCUT2D eigenvalue weighted by Crippen LogP contribution is 2.39. The Morgan fingerprint density at radius 3 is 2.77 bits per heavy atom. The Labute approximate surface area is 233 Å². The highest BCUT2D eigenvalue weighted by molar-refractivity contribution is 6.09. The first-order valence-electron chi connectivity index (χ1n) is 13.3. The summed E-state index contributed by atoms with van der Waals surface area (Å²) in [7, 11) is 3.67. The number of likely N-dealkylation sites (N-methyl/N-ethyl adjacent to an activating group) is 1. The van der Waals surface area contributed by atoms with Crippen LogP contribution in [0, 0.1) is 6.92 Å². The van der Waals surface area contributed by atoms with Crippen LogP contribution in [-0.4, -0.2) is 84.3 Å². The van der Waals surface area contributed by atoms with Crippen molar-refractivity contribution in [1.82, 2.24) is 25.3 Å². The lowest BCUT2D eigenvalue weighted by Gasteiger charge is -2.30. The largest absolute Gasteiger partial charge is 0.497 e. The Balaban J connectivity index is 1.44. The van der Waals surface area contributed by atoms with E-state index in [0.717, 1.165) is 43.9 Å². The molecule has 2 unspecified atom stereocenters. The van der Waals surface area contributed by atoms with Crippen LogP contribution in [0.2, 0.25) is 0 Å². The number of imide groups is 1. The second-order valence-electron chi connectivity index (χ2n) is 10.5. The summed E-state index contributed by atoms with van der Waals surface area (Å²) in [5.74, 6) is 0.751. The summed E-state index contributed by atoms with van der Waals surface area (Å²) in [4.78, 5) is 36.7.